The van der Waals surface area contributed by atoms with Crippen LogP contribution in [-0.4, -0.2) is 40.9 Å². The van der Waals surface area contributed by atoms with Crippen LogP contribution in [0.1, 0.15) is 37.0 Å². The number of amides is 2. The van der Waals surface area contributed by atoms with Gasteiger partial charge in [-0.25, -0.2) is 4.39 Å². The first-order valence-electron chi connectivity index (χ1n) is 7.33. The number of halogens is 1. The van der Waals surface area contributed by atoms with Gasteiger partial charge in [0.25, 0.3) is 5.91 Å². The molecule has 0 spiro atoms. The van der Waals surface area contributed by atoms with E-state index in [1.807, 2.05) is 0 Å². The minimum atomic E-state index is -0.978. The summed E-state index contributed by atoms with van der Waals surface area (Å²) >= 11 is 0. The number of carbonyl (C=O) groups is 3. The fourth-order valence-electron chi connectivity index (χ4n) is 2.71. The Morgan fingerprint density at radius 3 is 2.65 bits per heavy atom. The minimum Gasteiger partial charge on any atom is -0.481 e. The molecule has 0 radical (unpaired) electrons. The van der Waals surface area contributed by atoms with Crippen LogP contribution in [0.5, 0.6) is 0 Å². The molecule has 0 saturated carbocycles. The number of benzene rings is 1. The Morgan fingerprint density at radius 2 is 2.04 bits per heavy atom. The average molecular weight is 322 g/mol. The SMILES string of the molecule is CC(=O)Nc1cc(C(=O)N2CCCC(C)(C(=O)O)C2)ccc1F. The number of anilines is 1. The molecule has 1 aromatic carbocycles. The number of rotatable bonds is 3. The van der Waals surface area contributed by atoms with Gasteiger partial charge in [0.2, 0.25) is 5.91 Å². The number of piperidine rings is 1. The Balaban J connectivity index is 2.23. The molecule has 124 valence electrons. The molecule has 7 heteroatoms. The third-order valence-electron chi connectivity index (χ3n) is 4.02. The highest BCUT2D eigenvalue weighted by Gasteiger charge is 2.39. The number of hydrogen-bond acceptors (Lipinski definition) is 3. The zero-order chi connectivity index (χ0) is 17.2. The summed E-state index contributed by atoms with van der Waals surface area (Å²) in [5, 5.41) is 11.6. The summed E-state index contributed by atoms with van der Waals surface area (Å²) in [6.07, 6.45) is 1.10. The van der Waals surface area contributed by atoms with Gasteiger partial charge in [-0.15, -0.1) is 0 Å². The second kappa shape index (κ2) is 6.36. The van der Waals surface area contributed by atoms with Gasteiger partial charge in [-0.05, 0) is 38.0 Å². The van der Waals surface area contributed by atoms with Gasteiger partial charge in [-0.3, -0.25) is 14.4 Å². The number of carboxylic acids is 1. The van der Waals surface area contributed by atoms with Crippen molar-refractivity contribution < 1.29 is 23.9 Å². The van der Waals surface area contributed by atoms with E-state index in [0.29, 0.717) is 19.4 Å². The number of aliphatic carboxylic acids is 1. The molecular weight excluding hydrogens is 303 g/mol. The third kappa shape index (κ3) is 3.67. The Hall–Kier alpha value is -2.44. The van der Waals surface area contributed by atoms with E-state index < -0.39 is 23.1 Å². The molecule has 1 unspecified atom stereocenters. The van der Waals surface area contributed by atoms with Crippen LogP contribution in [0.15, 0.2) is 18.2 Å². The van der Waals surface area contributed by atoms with Crippen LogP contribution in [0.4, 0.5) is 10.1 Å². The van der Waals surface area contributed by atoms with E-state index in [9.17, 15) is 23.9 Å². The molecule has 1 aliphatic heterocycles. The Morgan fingerprint density at radius 1 is 1.35 bits per heavy atom. The molecule has 1 atom stereocenters. The molecule has 0 aromatic heterocycles. The normalized spacial score (nSPS) is 20.9. The molecule has 1 aromatic rings. The van der Waals surface area contributed by atoms with Crippen LogP contribution in [0.2, 0.25) is 0 Å². The summed E-state index contributed by atoms with van der Waals surface area (Å²) in [4.78, 5) is 36.5. The van der Waals surface area contributed by atoms with E-state index >= 15 is 0 Å². The van der Waals surface area contributed by atoms with Gasteiger partial charge in [0, 0.05) is 25.6 Å². The van der Waals surface area contributed by atoms with Crippen molar-refractivity contribution in [2.75, 3.05) is 18.4 Å². The van der Waals surface area contributed by atoms with Gasteiger partial charge in [-0.1, -0.05) is 0 Å². The molecule has 1 aliphatic rings. The maximum Gasteiger partial charge on any atom is 0.311 e. The lowest BCUT2D eigenvalue weighted by Gasteiger charge is -2.37. The van der Waals surface area contributed by atoms with E-state index in [4.69, 9.17) is 0 Å². The van der Waals surface area contributed by atoms with Crippen molar-refractivity contribution in [1.29, 1.82) is 0 Å². The lowest BCUT2D eigenvalue weighted by atomic mass is 9.82. The smallest absolute Gasteiger partial charge is 0.311 e. The zero-order valence-corrected chi connectivity index (χ0v) is 13.1. The van der Waals surface area contributed by atoms with Crippen molar-refractivity contribution >= 4 is 23.5 Å². The summed E-state index contributed by atoms with van der Waals surface area (Å²) in [6, 6.07) is 3.71. The topological polar surface area (TPSA) is 86.7 Å². The van der Waals surface area contributed by atoms with Crippen molar-refractivity contribution in [2.24, 2.45) is 5.41 Å². The van der Waals surface area contributed by atoms with Crippen LogP contribution in [0.25, 0.3) is 0 Å². The summed E-state index contributed by atoms with van der Waals surface area (Å²) < 4.78 is 13.6. The Kier molecular flexibility index (Phi) is 4.68. The van der Waals surface area contributed by atoms with Crippen molar-refractivity contribution in [3.05, 3.63) is 29.6 Å². The lowest BCUT2D eigenvalue weighted by molar-refractivity contribution is -0.150. The molecule has 2 rings (SSSR count). The monoisotopic (exact) mass is 322 g/mol. The van der Waals surface area contributed by atoms with Crippen LogP contribution in [0, 0.1) is 11.2 Å². The van der Waals surface area contributed by atoms with Crippen molar-refractivity contribution in [1.82, 2.24) is 4.90 Å². The predicted molar refractivity (Wildman–Crippen MR) is 81.6 cm³/mol. The van der Waals surface area contributed by atoms with Gasteiger partial charge < -0.3 is 15.3 Å². The molecule has 23 heavy (non-hydrogen) atoms. The first-order chi connectivity index (χ1) is 10.7. The standard InChI is InChI=1S/C16H19FN2O4/c1-10(20)18-13-8-11(4-5-12(13)17)14(21)19-7-3-6-16(2,9-19)15(22)23/h4-5,8H,3,6-7,9H2,1-2H3,(H,18,20)(H,22,23). The Labute approximate surface area is 133 Å². The summed E-state index contributed by atoms with van der Waals surface area (Å²) in [7, 11) is 0. The highest BCUT2D eigenvalue weighted by Crippen LogP contribution is 2.30. The maximum atomic E-state index is 13.6. The first-order valence-corrected chi connectivity index (χ1v) is 7.33. The van der Waals surface area contributed by atoms with Gasteiger partial charge in [0.05, 0.1) is 11.1 Å². The lowest BCUT2D eigenvalue weighted by Crippen LogP contribution is -2.48. The van der Waals surface area contributed by atoms with Gasteiger partial charge in [0.15, 0.2) is 0 Å². The van der Waals surface area contributed by atoms with E-state index in [1.165, 1.54) is 24.0 Å². The van der Waals surface area contributed by atoms with E-state index in [-0.39, 0.29) is 23.7 Å². The quantitative estimate of drug-likeness (QED) is 0.892. The second-order valence-electron chi connectivity index (χ2n) is 6.07. The average Bonchev–Trinajstić information content (AvgIpc) is 2.48. The molecular formula is C16H19FN2O4. The third-order valence-corrected chi connectivity index (χ3v) is 4.02. The number of nitrogens with zero attached hydrogens (tertiary/aromatic N) is 1. The number of carbonyl (C=O) groups excluding carboxylic acids is 2. The van der Waals surface area contributed by atoms with E-state index in [2.05, 4.69) is 5.32 Å². The molecule has 1 heterocycles. The van der Waals surface area contributed by atoms with E-state index in [0.717, 1.165) is 6.07 Å². The predicted octanol–water partition coefficient (Wildman–Crippen LogP) is 2.11. The van der Waals surface area contributed by atoms with Gasteiger partial charge in [0.1, 0.15) is 5.82 Å². The first kappa shape index (κ1) is 16.9. The molecule has 2 N–H and O–H groups in total. The number of carboxylic acid groups (broad SMARTS) is 1. The van der Waals surface area contributed by atoms with Crippen LogP contribution < -0.4 is 5.32 Å². The molecule has 1 fully saturated rings. The van der Waals surface area contributed by atoms with Crippen LogP contribution >= 0.6 is 0 Å². The number of hydrogen-bond donors (Lipinski definition) is 2. The molecule has 2 amide bonds. The number of nitrogens with one attached hydrogen (secondary N) is 1. The second-order valence-corrected chi connectivity index (χ2v) is 6.07. The summed E-state index contributed by atoms with van der Waals surface area (Å²) in [5.41, 5.74) is -0.833. The largest absolute Gasteiger partial charge is 0.481 e. The fraction of sp³-hybridized carbons (Fsp3) is 0.438. The molecule has 1 saturated heterocycles. The molecule has 0 aliphatic carbocycles. The highest BCUT2D eigenvalue weighted by molar-refractivity contribution is 5.97. The van der Waals surface area contributed by atoms with Gasteiger partial charge in [-0.2, -0.15) is 0 Å². The molecule has 6 nitrogen and oxygen atoms in total. The maximum absolute atomic E-state index is 13.6. The highest BCUT2D eigenvalue weighted by atomic mass is 19.1. The van der Waals surface area contributed by atoms with Crippen LogP contribution in [0.3, 0.4) is 0 Å². The fourth-order valence-corrected chi connectivity index (χ4v) is 2.71. The summed E-state index contributed by atoms with van der Waals surface area (Å²) in [5.74, 6) is -2.38. The molecule has 0 bridgehead atoms. The number of likely N-dealkylation sites (tertiary alicyclic amines) is 1. The van der Waals surface area contributed by atoms with Crippen molar-refractivity contribution in [3.63, 3.8) is 0 Å². The Bertz CT molecular complexity index is 661. The van der Waals surface area contributed by atoms with Gasteiger partial charge >= 0.3 is 5.97 Å². The minimum absolute atomic E-state index is 0.0682. The summed E-state index contributed by atoms with van der Waals surface area (Å²) in [6.45, 7) is 3.42. The van der Waals surface area contributed by atoms with E-state index in [1.54, 1.807) is 6.92 Å². The van der Waals surface area contributed by atoms with Crippen molar-refractivity contribution in [2.45, 2.75) is 26.7 Å². The van der Waals surface area contributed by atoms with Crippen molar-refractivity contribution in [3.8, 4) is 0 Å². The zero-order valence-electron chi connectivity index (χ0n) is 13.1. The van der Waals surface area contributed by atoms with Crippen LogP contribution in [-0.2, 0) is 9.59 Å².